The Morgan fingerprint density at radius 1 is 0.905 bits per heavy atom. The van der Waals surface area contributed by atoms with Crippen LogP contribution in [0.15, 0.2) is 23.3 Å². The second-order valence-corrected chi connectivity index (χ2v) is 7.06. The predicted molar refractivity (Wildman–Crippen MR) is 81.2 cm³/mol. The maximum atomic E-state index is 11.6. The zero-order valence-electron chi connectivity index (χ0n) is 13.7. The van der Waals surface area contributed by atoms with Crippen molar-refractivity contribution in [1.82, 2.24) is 0 Å². The molecule has 21 heavy (non-hydrogen) atoms. The van der Waals surface area contributed by atoms with E-state index in [2.05, 4.69) is 6.58 Å². The molecule has 0 heterocycles. The summed E-state index contributed by atoms with van der Waals surface area (Å²) in [6, 6.07) is 0. The van der Waals surface area contributed by atoms with Gasteiger partial charge in [0.2, 0.25) is 0 Å². The molecule has 0 aliphatic rings. The fraction of sp³-hybridized carbons (Fsp3) is 0.625. The smallest absolute Gasteiger partial charge is 0.333 e. The summed E-state index contributed by atoms with van der Waals surface area (Å²) in [7, 11) is 0. The van der Waals surface area contributed by atoms with Crippen molar-refractivity contribution in [3.8, 4) is 0 Å². The van der Waals surface area contributed by atoms with E-state index in [1.807, 2.05) is 41.5 Å². The summed E-state index contributed by atoms with van der Waals surface area (Å²) in [4.78, 5) is 22.2. The number of carbonyl (C=O) groups is 2. The molecule has 0 atom stereocenters. The number of aliphatic carboxylic acids is 2. The molecule has 0 aromatic rings. The van der Waals surface area contributed by atoms with Crippen LogP contribution < -0.4 is 0 Å². The summed E-state index contributed by atoms with van der Waals surface area (Å²) in [5, 5.41) is 18.2. The lowest BCUT2D eigenvalue weighted by Gasteiger charge is -2.35. The Balaban J connectivity index is 5.43. The minimum absolute atomic E-state index is 0.104. The van der Waals surface area contributed by atoms with E-state index in [0.717, 1.165) is 5.57 Å². The molecular formula is C16H26O5. The van der Waals surface area contributed by atoms with Gasteiger partial charge in [-0.1, -0.05) is 48.1 Å². The van der Waals surface area contributed by atoms with Gasteiger partial charge in [0, 0.05) is 0 Å². The summed E-state index contributed by atoms with van der Waals surface area (Å²) in [5.41, 5.74) is 0.183. The average molecular weight is 298 g/mol. The minimum atomic E-state index is -1.15. The maximum absolute atomic E-state index is 11.6. The van der Waals surface area contributed by atoms with E-state index in [0.29, 0.717) is 0 Å². The van der Waals surface area contributed by atoms with E-state index >= 15 is 0 Å². The van der Waals surface area contributed by atoms with Crippen LogP contribution in [0.1, 0.15) is 41.5 Å². The zero-order valence-corrected chi connectivity index (χ0v) is 13.7. The van der Waals surface area contributed by atoms with Gasteiger partial charge in [-0.05, 0) is 16.4 Å². The van der Waals surface area contributed by atoms with Crippen molar-refractivity contribution in [3.05, 3.63) is 23.3 Å². The Labute approximate surface area is 126 Å². The lowest BCUT2D eigenvalue weighted by atomic mass is 9.69. The van der Waals surface area contributed by atoms with Crippen LogP contribution in [0.25, 0.3) is 0 Å². The van der Waals surface area contributed by atoms with Crippen molar-refractivity contribution < 1.29 is 24.5 Å². The molecule has 0 rings (SSSR count). The Morgan fingerprint density at radius 2 is 1.33 bits per heavy atom. The third kappa shape index (κ3) is 6.12. The third-order valence-electron chi connectivity index (χ3n) is 2.89. The van der Waals surface area contributed by atoms with Gasteiger partial charge in [0.1, 0.15) is 0 Å². The van der Waals surface area contributed by atoms with Gasteiger partial charge in [-0.3, -0.25) is 0 Å². The zero-order chi connectivity index (χ0) is 17.0. The number of ether oxygens (including phenoxy) is 1. The van der Waals surface area contributed by atoms with Crippen LogP contribution in [0.2, 0.25) is 0 Å². The van der Waals surface area contributed by atoms with Crippen LogP contribution in [0.4, 0.5) is 0 Å². The number of hydrogen-bond acceptors (Lipinski definition) is 3. The van der Waals surface area contributed by atoms with E-state index in [1.165, 1.54) is 0 Å². The third-order valence-corrected chi connectivity index (χ3v) is 2.89. The van der Waals surface area contributed by atoms with E-state index in [9.17, 15) is 14.7 Å². The normalized spacial score (nSPS) is 11.9. The monoisotopic (exact) mass is 298 g/mol. The number of rotatable bonds is 6. The highest BCUT2D eigenvalue weighted by atomic mass is 16.5. The Bertz CT molecular complexity index is 442. The lowest BCUT2D eigenvalue weighted by Crippen LogP contribution is -2.28. The van der Waals surface area contributed by atoms with Gasteiger partial charge in [0.25, 0.3) is 0 Å². The largest absolute Gasteiger partial charge is 0.478 e. The first kappa shape index (κ1) is 19.4. The minimum Gasteiger partial charge on any atom is -0.478 e. The van der Waals surface area contributed by atoms with Crippen molar-refractivity contribution in [2.24, 2.45) is 10.8 Å². The van der Waals surface area contributed by atoms with E-state index in [4.69, 9.17) is 9.84 Å². The Kier molecular flexibility index (Phi) is 6.36. The molecular weight excluding hydrogens is 272 g/mol. The molecule has 0 aliphatic carbocycles. The van der Waals surface area contributed by atoms with Gasteiger partial charge in [-0.25, -0.2) is 9.59 Å². The van der Waals surface area contributed by atoms with Crippen LogP contribution in [-0.4, -0.2) is 35.4 Å². The first-order chi connectivity index (χ1) is 9.28. The molecule has 0 aromatic heterocycles. The summed E-state index contributed by atoms with van der Waals surface area (Å²) in [6.45, 7) is 14.7. The molecule has 0 spiro atoms. The topological polar surface area (TPSA) is 83.8 Å². The molecule has 0 aromatic carbocycles. The highest BCUT2D eigenvalue weighted by Gasteiger charge is 2.33. The molecule has 120 valence electrons. The van der Waals surface area contributed by atoms with Crippen LogP contribution in [0.3, 0.4) is 0 Å². The van der Waals surface area contributed by atoms with Crippen LogP contribution in [0.5, 0.6) is 0 Å². The number of carboxylic acids is 2. The van der Waals surface area contributed by atoms with Crippen LogP contribution in [0, 0.1) is 10.8 Å². The standard InChI is InChI=1S/C16H26O5/c1-10(13(17)18)8-21-9-11(14(19)20)12(15(2,3)4)16(5,6)7/h1,8-9H2,2-7H3,(H,17,18)(H,19,20). The van der Waals surface area contributed by atoms with Crippen molar-refractivity contribution >= 4 is 11.9 Å². The van der Waals surface area contributed by atoms with Crippen molar-refractivity contribution in [3.63, 3.8) is 0 Å². The molecule has 0 saturated carbocycles. The van der Waals surface area contributed by atoms with Crippen molar-refractivity contribution in [2.45, 2.75) is 41.5 Å². The molecule has 0 unspecified atom stereocenters. The molecule has 0 bridgehead atoms. The van der Waals surface area contributed by atoms with E-state index in [1.54, 1.807) is 0 Å². The van der Waals surface area contributed by atoms with Gasteiger partial charge in [-0.15, -0.1) is 0 Å². The highest BCUT2D eigenvalue weighted by molar-refractivity contribution is 5.88. The molecule has 0 aliphatic heterocycles. The van der Waals surface area contributed by atoms with Crippen molar-refractivity contribution in [1.29, 1.82) is 0 Å². The number of hydrogen-bond donors (Lipinski definition) is 2. The molecule has 0 fully saturated rings. The summed E-state index contributed by atoms with van der Waals surface area (Å²) in [6.07, 6.45) is 0. The second kappa shape index (κ2) is 6.89. The van der Waals surface area contributed by atoms with Gasteiger partial charge in [0.15, 0.2) is 0 Å². The summed E-state index contributed by atoms with van der Waals surface area (Å²) in [5.74, 6) is -2.20. The van der Waals surface area contributed by atoms with Gasteiger partial charge in [0.05, 0.1) is 24.4 Å². The fourth-order valence-electron chi connectivity index (χ4n) is 2.61. The lowest BCUT2D eigenvalue weighted by molar-refractivity contribution is -0.133. The predicted octanol–water partition coefficient (Wildman–Crippen LogP) is 3.12. The van der Waals surface area contributed by atoms with Crippen LogP contribution in [-0.2, 0) is 14.3 Å². The number of allylic oxidation sites excluding steroid dienone is 1. The number of carboxylic acid groups (broad SMARTS) is 2. The molecule has 5 nitrogen and oxygen atoms in total. The Morgan fingerprint density at radius 3 is 1.62 bits per heavy atom. The molecule has 0 radical (unpaired) electrons. The van der Waals surface area contributed by atoms with E-state index in [-0.39, 0.29) is 35.2 Å². The quantitative estimate of drug-likeness (QED) is 0.736. The van der Waals surface area contributed by atoms with Crippen LogP contribution >= 0.6 is 0 Å². The fourth-order valence-corrected chi connectivity index (χ4v) is 2.61. The first-order valence-corrected chi connectivity index (χ1v) is 6.74. The SMILES string of the molecule is C=C(COCC(C(=O)O)=C(C(C)(C)C)C(C)(C)C)C(=O)O. The second-order valence-electron chi connectivity index (χ2n) is 7.06. The van der Waals surface area contributed by atoms with Gasteiger partial charge in [-0.2, -0.15) is 0 Å². The van der Waals surface area contributed by atoms with E-state index < -0.39 is 11.9 Å². The Hall–Kier alpha value is -1.62. The average Bonchev–Trinajstić information content (AvgIpc) is 2.22. The van der Waals surface area contributed by atoms with Crippen molar-refractivity contribution in [2.75, 3.05) is 13.2 Å². The molecule has 0 saturated heterocycles. The summed E-state index contributed by atoms with van der Waals surface area (Å²) < 4.78 is 5.23. The maximum Gasteiger partial charge on any atom is 0.333 e. The summed E-state index contributed by atoms with van der Waals surface area (Å²) >= 11 is 0. The first-order valence-electron chi connectivity index (χ1n) is 6.74. The van der Waals surface area contributed by atoms with Gasteiger partial charge < -0.3 is 14.9 Å². The molecule has 2 N–H and O–H groups in total. The van der Waals surface area contributed by atoms with Gasteiger partial charge >= 0.3 is 11.9 Å². The molecule has 5 heteroatoms. The molecule has 0 amide bonds. The highest BCUT2D eigenvalue weighted by Crippen LogP contribution is 2.41.